The van der Waals surface area contributed by atoms with Gasteiger partial charge in [-0.15, -0.1) is 24.0 Å². The normalized spacial score (nSPS) is 11.6. The number of nitrogens with one attached hydrogen (secondary N) is 2. The maximum atomic E-state index is 5.80. The van der Waals surface area contributed by atoms with Crippen LogP contribution >= 0.6 is 35.6 Å². The van der Waals surface area contributed by atoms with Crippen LogP contribution in [0.4, 0.5) is 0 Å². The van der Waals surface area contributed by atoms with Gasteiger partial charge >= 0.3 is 0 Å². The number of benzene rings is 1. The summed E-state index contributed by atoms with van der Waals surface area (Å²) < 4.78 is 5.58. The number of hydrogen-bond donors (Lipinski definition) is 2. The van der Waals surface area contributed by atoms with Crippen molar-refractivity contribution < 1.29 is 4.74 Å². The fraction of sp³-hybridized carbons (Fsp3) is 0.500. The van der Waals surface area contributed by atoms with E-state index in [4.69, 9.17) is 16.3 Å². The molecule has 1 aromatic rings. The van der Waals surface area contributed by atoms with E-state index in [9.17, 15) is 0 Å². The first kappa shape index (κ1) is 19.3. The monoisotopic (exact) mass is 411 g/mol. The number of nitrogens with zero attached hydrogens (tertiary/aromatic N) is 1. The van der Waals surface area contributed by atoms with Gasteiger partial charge in [0.05, 0.1) is 6.54 Å². The SMILES string of the molecule is CN=C(NCCOc1ccc(Cl)cc1)NC(C)(C)C.I. The van der Waals surface area contributed by atoms with Gasteiger partial charge in [-0.1, -0.05) is 11.6 Å². The third kappa shape index (κ3) is 8.47. The summed E-state index contributed by atoms with van der Waals surface area (Å²) in [4.78, 5) is 4.15. The van der Waals surface area contributed by atoms with E-state index in [0.717, 1.165) is 11.7 Å². The first-order chi connectivity index (χ1) is 8.90. The van der Waals surface area contributed by atoms with Crippen LogP contribution in [-0.4, -0.2) is 31.7 Å². The molecule has 114 valence electrons. The van der Waals surface area contributed by atoms with E-state index in [-0.39, 0.29) is 29.5 Å². The predicted octanol–water partition coefficient (Wildman–Crippen LogP) is 3.30. The van der Waals surface area contributed by atoms with E-state index in [1.54, 1.807) is 7.05 Å². The molecule has 4 nitrogen and oxygen atoms in total. The van der Waals surface area contributed by atoms with Gasteiger partial charge in [0.2, 0.25) is 0 Å². The summed E-state index contributed by atoms with van der Waals surface area (Å²) in [5.41, 5.74) is -0.0150. The number of halogens is 2. The maximum Gasteiger partial charge on any atom is 0.191 e. The Hall–Kier alpha value is -0.690. The zero-order valence-corrected chi connectivity index (χ0v) is 15.5. The van der Waals surface area contributed by atoms with Crippen LogP contribution in [0.2, 0.25) is 5.02 Å². The molecule has 0 bridgehead atoms. The van der Waals surface area contributed by atoms with Crippen LogP contribution in [0, 0.1) is 0 Å². The highest BCUT2D eigenvalue weighted by Gasteiger charge is 2.11. The van der Waals surface area contributed by atoms with Crippen LogP contribution in [-0.2, 0) is 0 Å². The van der Waals surface area contributed by atoms with Crippen molar-refractivity contribution in [3.8, 4) is 5.75 Å². The Morgan fingerprint density at radius 3 is 2.35 bits per heavy atom. The van der Waals surface area contributed by atoms with Crippen LogP contribution in [0.3, 0.4) is 0 Å². The fourth-order valence-electron chi connectivity index (χ4n) is 1.40. The first-order valence-electron chi connectivity index (χ1n) is 6.28. The molecule has 2 N–H and O–H groups in total. The third-order valence-electron chi connectivity index (χ3n) is 2.19. The second kappa shape index (κ2) is 9.28. The number of guanidine groups is 1. The quantitative estimate of drug-likeness (QED) is 0.346. The topological polar surface area (TPSA) is 45.7 Å². The molecule has 0 heterocycles. The molecule has 20 heavy (non-hydrogen) atoms. The van der Waals surface area contributed by atoms with Gasteiger partial charge in [0.15, 0.2) is 5.96 Å². The van der Waals surface area contributed by atoms with E-state index in [1.807, 2.05) is 24.3 Å². The molecule has 0 radical (unpaired) electrons. The molecule has 0 unspecified atom stereocenters. The fourth-order valence-corrected chi connectivity index (χ4v) is 1.53. The van der Waals surface area contributed by atoms with Crippen molar-refractivity contribution in [2.75, 3.05) is 20.2 Å². The second-order valence-electron chi connectivity index (χ2n) is 5.18. The van der Waals surface area contributed by atoms with Crippen molar-refractivity contribution >= 4 is 41.5 Å². The summed E-state index contributed by atoms with van der Waals surface area (Å²) in [5.74, 6) is 1.58. The first-order valence-corrected chi connectivity index (χ1v) is 6.66. The van der Waals surface area contributed by atoms with Crippen molar-refractivity contribution in [1.29, 1.82) is 0 Å². The Morgan fingerprint density at radius 1 is 1.25 bits per heavy atom. The van der Waals surface area contributed by atoms with Gasteiger partial charge in [-0.3, -0.25) is 4.99 Å². The summed E-state index contributed by atoms with van der Waals surface area (Å²) >= 11 is 5.80. The van der Waals surface area contributed by atoms with Crippen LogP contribution in [0.5, 0.6) is 5.75 Å². The van der Waals surface area contributed by atoms with Crippen molar-refractivity contribution in [1.82, 2.24) is 10.6 Å². The lowest BCUT2D eigenvalue weighted by molar-refractivity contribution is 0.321. The molecule has 1 rings (SSSR count). The standard InChI is InChI=1S/C14H22ClN3O.HI/c1-14(2,3)18-13(16-4)17-9-10-19-12-7-5-11(15)6-8-12;/h5-8H,9-10H2,1-4H3,(H2,16,17,18);1H. The van der Waals surface area contributed by atoms with Crippen molar-refractivity contribution in [3.63, 3.8) is 0 Å². The van der Waals surface area contributed by atoms with Gasteiger partial charge in [0.25, 0.3) is 0 Å². The maximum absolute atomic E-state index is 5.80. The van der Waals surface area contributed by atoms with Gasteiger partial charge in [-0.2, -0.15) is 0 Å². The average molecular weight is 412 g/mol. The molecular formula is C14H23ClIN3O. The third-order valence-corrected chi connectivity index (χ3v) is 2.45. The van der Waals surface area contributed by atoms with E-state index < -0.39 is 0 Å². The minimum atomic E-state index is -0.0150. The number of rotatable bonds is 4. The highest BCUT2D eigenvalue weighted by Crippen LogP contribution is 2.15. The molecule has 0 fully saturated rings. The smallest absolute Gasteiger partial charge is 0.191 e. The molecule has 0 amide bonds. The molecule has 0 spiro atoms. The van der Waals surface area contributed by atoms with Crippen LogP contribution in [0.15, 0.2) is 29.3 Å². The highest BCUT2D eigenvalue weighted by atomic mass is 127. The number of aliphatic imine (C=N–C) groups is 1. The van der Waals surface area contributed by atoms with Crippen molar-refractivity contribution in [2.24, 2.45) is 4.99 Å². The van der Waals surface area contributed by atoms with Gasteiger partial charge in [0.1, 0.15) is 12.4 Å². The Balaban J connectivity index is 0.00000361. The lowest BCUT2D eigenvalue weighted by Crippen LogP contribution is -2.48. The minimum absolute atomic E-state index is 0. The summed E-state index contributed by atoms with van der Waals surface area (Å²) in [7, 11) is 1.75. The van der Waals surface area contributed by atoms with E-state index in [2.05, 4.69) is 36.4 Å². The predicted molar refractivity (Wildman–Crippen MR) is 96.6 cm³/mol. The van der Waals surface area contributed by atoms with Crippen LogP contribution < -0.4 is 15.4 Å². The average Bonchev–Trinajstić information content (AvgIpc) is 2.34. The molecule has 1 aromatic carbocycles. The van der Waals surface area contributed by atoms with Crippen molar-refractivity contribution in [2.45, 2.75) is 26.3 Å². The molecule has 0 saturated carbocycles. The zero-order valence-electron chi connectivity index (χ0n) is 12.4. The Kier molecular flexibility index (Phi) is 8.96. The van der Waals surface area contributed by atoms with Crippen LogP contribution in [0.1, 0.15) is 20.8 Å². The summed E-state index contributed by atoms with van der Waals surface area (Å²) in [6, 6.07) is 7.32. The lowest BCUT2D eigenvalue weighted by Gasteiger charge is -2.23. The van der Waals surface area contributed by atoms with E-state index in [0.29, 0.717) is 18.2 Å². The molecule has 0 aliphatic rings. The molecule has 0 aliphatic heterocycles. The van der Waals surface area contributed by atoms with Gasteiger partial charge in [0, 0.05) is 17.6 Å². The zero-order chi connectivity index (χ0) is 14.3. The lowest BCUT2D eigenvalue weighted by atomic mass is 10.1. The molecule has 0 atom stereocenters. The van der Waals surface area contributed by atoms with Crippen LogP contribution in [0.25, 0.3) is 0 Å². The highest BCUT2D eigenvalue weighted by molar-refractivity contribution is 14.0. The second-order valence-corrected chi connectivity index (χ2v) is 5.61. The Bertz CT molecular complexity index is 415. The molecule has 6 heteroatoms. The van der Waals surface area contributed by atoms with E-state index >= 15 is 0 Å². The van der Waals surface area contributed by atoms with Gasteiger partial charge in [-0.25, -0.2) is 0 Å². The molecular weight excluding hydrogens is 389 g/mol. The van der Waals surface area contributed by atoms with Gasteiger partial charge in [-0.05, 0) is 45.0 Å². The largest absolute Gasteiger partial charge is 0.492 e. The number of ether oxygens (including phenoxy) is 1. The van der Waals surface area contributed by atoms with Gasteiger partial charge < -0.3 is 15.4 Å². The molecule has 0 aromatic heterocycles. The molecule has 0 aliphatic carbocycles. The minimum Gasteiger partial charge on any atom is -0.492 e. The summed E-state index contributed by atoms with van der Waals surface area (Å²) in [5, 5.41) is 7.18. The Labute approximate surface area is 143 Å². The molecule has 0 saturated heterocycles. The Morgan fingerprint density at radius 2 is 1.85 bits per heavy atom. The van der Waals surface area contributed by atoms with Crippen molar-refractivity contribution in [3.05, 3.63) is 29.3 Å². The van der Waals surface area contributed by atoms with E-state index in [1.165, 1.54) is 0 Å². The number of hydrogen-bond acceptors (Lipinski definition) is 2. The summed E-state index contributed by atoms with van der Waals surface area (Å²) in [6.45, 7) is 7.50. The summed E-state index contributed by atoms with van der Waals surface area (Å²) in [6.07, 6.45) is 0.